The molecule has 0 spiro atoms. The number of rotatable bonds is 19. The Bertz CT molecular complexity index is 1470. The molecular formula is C40H42O4S2. The first-order chi connectivity index (χ1) is 22.4. The van der Waals surface area contributed by atoms with Crippen molar-refractivity contribution in [3.8, 4) is 30.6 Å². The molecule has 0 aliphatic carbocycles. The van der Waals surface area contributed by atoms with E-state index in [1.54, 1.807) is 24.3 Å². The molecule has 46 heavy (non-hydrogen) atoms. The SMILES string of the molecule is C=CC(C=C)OC(=O)CCCCc1ccc(-c2ccc(-c3ccc(-c4ccc(CCCCC(=O)OC(C=C)C=C)cc4)s3)s2)cc1. The van der Waals surface area contributed by atoms with E-state index >= 15 is 0 Å². The molecule has 0 radical (unpaired) electrons. The summed E-state index contributed by atoms with van der Waals surface area (Å²) in [6.45, 7) is 14.6. The standard InChI is InChI=1S/C40H42O4S2/c1-5-33(6-2)43-39(41)15-11-9-13-29-17-21-31(22-18-29)35-25-27-37(45-35)38-28-26-36(46-38)32-23-19-30(20-24-32)14-10-12-16-40(42)44-34(7-3)8-4/h5-8,17-28,33-34H,1-4,9-16H2. The van der Waals surface area contributed by atoms with Gasteiger partial charge in [0.05, 0.1) is 0 Å². The van der Waals surface area contributed by atoms with Crippen LogP contribution in [0.2, 0.25) is 0 Å². The van der Waals surface area contributed by atoms with Crippen LogP contribution in [0.5, 0.6) is 0 Å². The molecule has 2 aromatic carbocycles. The molecule has 2 heterocycles. The number of unbranched alkanes of at least 4 members (excludes halogenated alkanes) is 2. The fourth-order valence-corrected chi connectivity index (χ4v) is 7.04. The van der Waals surface area contributed by atoms with Gasteiger partial charge < -0.3 is 9.47 Å². The molecule has 0 unspecified atom stereocenters. The second-order valence-corrected chi connectivity index (χ2v) is 13.2. The van der Waals surface area contributed by atoms with Gasteiger partial charge in [0.2, 0.25) is 0 Å². The van der Waals surface area contributed by atoms with Crippen molar-refractivity contribution in [1.29, 1.82) is 0 Å². The van der Waals surface area contributed by atoms with Gasteiger partial charge in [-0.05, 0) is 109 Å². The van der Waals surface area contributed by atoms with E-state index in [0.29, 0.717) is 12.8 Å². The van der Waals surface area contributed by atoms with Crippen LogP contribution in [-0.2, 0) is 31.9 Å². The van der Waals surface area contributed by atoms with Crippen LogP contribution in [0, 0.1) is 0 Å². The lowest BCUT2D eigenvalue weighted by molar-refractivity contribution is -0.146. The number of carbonyl (C=O) groups is 2. The Hall–Kier alpha value is -4.26. The summed E-state index contributed by atoms with van der Waals surface area (Å²) in [4.78, 5) is 28.9. The highest BCUT2D eigenvalue weighted by Gasteiger charge is 2.11. The van der Waals surface area contributed by atoms with Crippen LogP contribution in [-0.4, -0.2) is 24.1 Å². The largest absolute Gasteiger partial charge is 0.454 e. The minimum atomic E-state index is -0.416. The smallest absolute Gasteiger partial charge is 0.306 e. The summed E-state index contributed by atoms with van der Waals surface area (Å²) in [7, 11) is 0. The first kappa shape index (κ1) is 34.6. The highest BCUT2D eigenvalue weighted by atomic mass is 32.1. The highest BCUT2D eigenvalue weighted by Crippen LogP contribution is 2.40. The molecule has 0 aliphatic heterocycles. The van der Waals surface area contributed by atoms with Gasteiger partial charge in [-0.3, -0.25) is 9.59 Å². The minimum Gasteiger partial charge on any atom is -0.454 e. The van der Waals surface area contributed by atoms with E-state index in [0.717, 1.165) is 38.5 Å². The van der Waals surface area contributed by atoms with Crippen LogP contribution in [0.15, 0.2) is 123 Å². The average Bonchev–Trinajstić information content (AvgIpc) is 3.78. The van der Waals surface area contributed by atoms with Gasteiger partial charge in [0.15, 0.2) is 0 Å². The summed E-state index contributed by atoms with van der Waals surface area (Å²) in [5, 5.41) is 0. The van der Waals surface area contributed by atoms with Crippen molar-refractivity contribution in [2.24, 2.45) is 0 Å². The van der Waals surface area contributed by atoms with Crippen LogP contribution >= 0.6 is 22.7 Å². The summed E-state index contributed by atoms with van der Waals surface area (Å²) < 4.78 is 10.5. The van der Waals surface area contributed by atoms with Crippen molar-refractivity contribution < 1.29 is 19.1 Å². The molecule has 0 atom stereocenters. The number of hydrogen-bond acceptors (Lipinski definition) is 6. The zero-order valence-corrected chi connectivity index (χ0v) is 28.0. The summed E-state index contributed by atoms with van der Waals surface area (Å²) in [6, 6.07) is 26.3. The topological polar surface area (TPSA) is 52.6 Å². The van der Waals surface area contributed by atoms with E-state index in [1.807, 2.05) is 22.7 Å². The predicted molar refractivity (Wildman–Crippen MR) is 194 cm³/mol. The van der Waals surface area contributed by atoms with Crippen LogP contribution < -0.4 is 0 Å². The molecule has 0 saturated carbocycles. The third kappa shape index (κ3) is 10.4. The second kappa shape index (κ2) is 18.0. The van der Waals surface area contributed by atoms with Crippen molar-refractivity contribution >= 4 is 34.6 Å². The van der Waals surface area contributed by atoms with Crippen molar-refractivity contribution in [2.45, 2.75) is 63.6 Å². The third-order valence-electron chi connectivity index (χ3n) is 7.59. The highest BCUT2D eigenvalue weighted by molar-refractivity contribution is 7.25. The Morgan fingerprint density at radius 2 is 0.870 bits per heavy atom. The lowest BCUT2D eigenvalue weighted by atomic mass is 10.0. The molecular weight excluding hydrogens is 609 g/mol. The minimum absolute atomic E-state index is 0.212. The van der Waals surface area contributed by atoms with Crippen molar-refractivity contribution in [2.75, 3.05) is 0 Å². The molecule has 0 N–H and O–H groups in total. The van der Waals surface area contributed by atoms with Crippen molar-refractivity contribution in [3.05, 3.63) is 135 Å². The van der Waals surface area contributed by atoms with Gasteiger partial charge in [0.25, 0.3) is 0 Å². The monoisotopic (exact) mass is 650 g/mol. The normalized spacial score (nSPS) is 10.9. The molecule has 0 saturated heterocycles. The maximum atomic E-state index is 11.9. The van der Waals surface area contributed by atoms with Crippen molar-refractivity contribution in [1.82, 2.24) is 0 Å². The first-order valence-electron chi connectivity index (χ1n) is 15.7. The molecule has 0 aliphatic rings. The first-order valence-corrected chi connectivity index (χ1v) is 17.3. The number of aryl methyl sites for hydroxylation is 2. The lowest BCUT2D eigenvalue weighted by Crippen LogP contribution is -2.13. The summed E-state index contributed by atoms with van der Waals surface area (Å²) in [5.74, 6) is -0.423. The van der Waals surface area contributed by atoms with Gasteiger partial charge in [-0.2, -0.15) is 0 Å². The molecule has 6 heteroatoms. The zero-order chi connectivity index (χ0) is 32.7. The zero-order valence-electron chi connectivity index (χ0n) is 26.3. The van der Waals surface area contributed by atoms with Crippen LogP contribution in [0.4, 0.5) is 0 Å². The Balaban J connectivity index is 1.23. The van der Waals surface area contributed by atoms with Gasteiger partial charge in [0, 0.05) is 32.4 Å². The summed E-state index contributed by atoms with van der Waals surface area (Å²) >= 11 is 3.62. The van der Waals surface area contributed by atoms with E-state index in [9.17, 15) is 9.59 Å². The predicted octanol–water partition coefficient (Wildman–Crippen LogP) is 10.8. The fourth-order valence-electron chi connectivity index (χ4n) is 4.93. The number of thiophene rings is 2. The van der Waals surface area contributed by atoms with Crippen LogP contribution in [0.25, 0.3) is 30.6 Å². The number of benzene rings is 2. The molecule has 0 amide bonds. The van der Waals surface area contributed by atoms with Crippen LogP contribution in [0.1, 0.15) is 49.7 Å². The second-order valence-electron chi connectivity index (χ2n) is 11.0. The van der Waals surface area contributed by atoms with Gasteiger partial charge in [-0.1, -0.05) is 74.8 Å². The lowest BCUT2D eigenvalue weighted by Gasteiger charge is -2.09. The number of ether oxygens (including phenoxy) is 2. The Labute approximate surface area is 281 Å². The third-order valence-corrected chi connectivity index (χ3v) is 10.1. The molecule has 0 bridgehead atoms. The van der Waals surface area contributed by atoms with Crippen molar-refractivity contribution in [3.63, 3.8) is 0 Å². The van der Waals surface area contributed by atoms with E-state index in [-0.39, 0.29) is 11.9 Å². The van der Waals surface area contributed by atoms with E-state index in [2.05, 4.69) is 99.1 Å². The quantitative estimate of drug-likeness (QED) is 0.0576. The van der Waals surface area contributed by atoms with E-state index < -0.39 is 12.2 Å². The molecule has 4 aromatic rings. The number of hydrogen-bond donors (Lipinski definition) is 0. The summed E-state index contributed by atoms with van der Waals surface area (Å²) in [5.41, 5.74) is 4.96. The van der Waals surface area contributed by atoms with Gasteiger partial charge in [-0.25, -0.2) is 0 Å². The number of carbonyl (C=O) groups excluding carboxylic acids is 2. The summed E-state index contributed by atoms with van der Waals surface area (Å²) in [6.07, 6.45) is 11.5. The van der Waals surface area contributed by atoms with Gasteiger partial charge in [0.1, 0.15) is 12.2 Å². The fraction of sp³-hybridized carbons (Fsp3) is 0.250. The maximum Gasteiger partial charge on any atom is 0.306 e. The van der Waals surface area contributed by atoms with E-state index in [1.165, 1.54) is 41.8 Å². The molecule has 2 aromatic heterocycles. The maximum absolute atomic E-state index is 11.9. The molecule has 4 nitrogen and oxygen atoms in total. The Morgan fingerprint density at radius 1 is 0.522 bits per heavy atom. The Kier molecular flexibility index (Phi) is 13.6. The molecule has 0 fully saturated rings. The van der Waals surface area contributed by atoms with Gasteiger partial charge in [-0.15, -0.1) is 22.7 Å². The Morgan fingerprint density at radius 3 is 1.22 bits per heavy atom. The van der Waals surface area contributed by atoms with E-state index in [4.69, 9.17) is 9.47 Å². The molecule has 4 rings (SSSR count). The average molecular weight is 651 g/mol. The molecule has 238 valence electrons. The number of esters is 2. The van der Waals surface area contributed by atoms with Gasteiger partial charge >= 0.3 is 11.9 Å². The van der Waals surface area contributed by atoms with Crippen LogP contribution in [0.3, 0.4) is 0 Å².